The molecular formula is C9H5ClN6O. The Labute approximate surface area is 101 Å². The predicted molar refractivity (Wildman–Crippen MR) is 58.0 cm³/mol. The van der Waals surface area contributed by atoms with Gasteiger partial charge in [-0.15, -0.1) is 5.10 Å². The largest absolute Gasteiger partial charge is 0.410 e. The molecule has 17 heavy (non-hydrogen) atoms. The van der Waals surface area contributed by atoms with Gasteiger partial charge in [-0.1, -0.05) is 16.8 Å². The van der Waals surface area contributed by atoms with Gasteiger partial charge in [0, 0.05) is 5.56 Å². The van der Waals surface area contributed by atoms with Crippen molar-refractivity contribution in [3.63, 3.8) is 0 Å². The van der Waals surface area contributed by atoms with Crippen molar-refractivity contribution in [3.05, 3.63) is 35.7 Å². The molecular weight excluding hydrogens is 244 g/mol. The average Bonchev–Trinajstić information content (AvgIpc) is 2.90. The van der Waals surface area contributed by atoms with E-state index in [1.54, 1.807) is 12.1 Å². The Morgan fingerprint density at radius 2 is 2.35 bits per heavy atom. The van der Waals surface area contributed by atoms with E-state index in [1.165, 1.54) is 17.1 Å². The van der Waals surface area contributed by atoms with E-state index in [9.17, 15) is 0 Å². The van der Waals surface area contributed by atoms with Crippen molar-refractivity contribution < 1.29 is 5.21 Å². The predicted octanol–water partition coefficient (Wildman–Crippen LogP) is 0.909. The molecule has 0 aliphatic carbocycles. The van der Waals surface area contributed by atoms with Crippen LogP contribution in [0.3, 0.4) is 0 Å². The van der Waals surface area contributed by atoms with Crippen molar-refractivity contribution in [2.45, 2.75) is 0 Å². The molecule has 84 valence electrons. The van der Waals surface area contributed by atoms with Gasteiger partial charge in [-0.3, -0.25) is 0 Å². The molecule has 0 atom stereocenters. The first-order chi connectivity index (χ1) is 8.26. The van der Waals surface area contributed by atoms with Gasteiger partial charge in [-0.2, -0.15) is 9.94 Å². The van der Waals surface area contributed by atoms with Crippen LogP contribution in [0.25, 0.3) is 5.69 Å². The number of aromatic nitrogens is 4. The highest BCUT2D eigenvalue weighted by Gasteiger charge is 2.09. The van der Waals surface area contributed by atoms with Gasteiger partial charge in [0.25, 0.3) is 0 Å². The summed E-state index contributed by atoms with van der Waals surface area (Å²) >= 11 is 5.64. The molecule has 1 aromatic carbocycles. The molecule has 7 nitrogen and oxygen atoms in total. The fraction of sp³-hybridized carbons (Fsp3) is 0. The lowest BCUT2D eigenvalue weighted by atomic mass is 10.1. The van der Waals surface area contributed by atoms with Gasteiger partial charge in [0.15, 0.2) is 5.17 Å². The third-order valence-corrected chi connectivity index (χ3v) is 2.33. The van der Waals surface area contributed by atoms with Crippen LogP contribution < -0.4 is 0 Å². The summed E-state index contributed by atoms with van der Waals surface area (Å²) in [7, 11) is 0. The van der Waals surface area contributed by atoms with E-state index in [0.717, 1.165) is 0 Å². The summed E-state index contributed by atoms with van der Waals surface area (Å²) in [6, 6.07) is 6.68. The Balaban J connectivity index is 2.55. The van der Waals surface area contributed by atoms with Gasteiger partial charge in [-0.05, 0) is 28.6 Å². The van der Waals surface area contributed by atoms with Crippen molar-refractivity contribution in [2.24, 2.45) is 5.16 Å². The fourth-order valence-corrected chi connectivity index (χ4v) is 1.40. The van der Waals surface area contributed by atoms with Crippen molar-refractivity contribution in [1.29, 1.82) is 5.26 Å². The summed E-state index contributed by atoms with van der Waals surface area (Å²) in [5.74, 6) is 0. The highest BCUT2D eigenvalue weighted by atomic mass is 35.5. The molecule has 0 radical (unpaired) electrons. The molecule has 1 aromatic heterocycles. The Morgan fingerprint density at radius 1 is 1.53 bits per heavy atom. The number of benzene rings is 1. The van der Waals surface area contributed by atoms with E-state index in [-0.39, 0.29) is 5.17 Å². The highest BCUT2D eigenvalue weighted by molar-refractivity contribution is 6.69. The lowest BCUT2D eigenvalue weighted by Crippen LogP contribution is -2.01. The molecule has 0 saturated carbocycles. The molecule has 2 rings (SSSR count). The van der Waals surface area contributed by atoms with Crippen LogP contribution in [-0.4, -0.2) is 30.6 Å². The van der Waals surface area contributed by atoms with Crippen LogP contribution in [0.4, 0.5) is 0 Å². The SMILES string of the molecule is N#Cc1cc(C(Cl)=NO)ccc1-n1cnnn1. The second-order valence-electron chi connectivity index (χ2n) is 2.99. The zero-order valence-corrected chi connectivity index (χ0v) is 9.07. The number of nitriles is 1. The second kappa shape index (κ2) is 4.59. The molecule has 1 heterocycles. The highest BCUT2D eigenvalue weighted by Crippen LogP contribution is 2.16. The first-order valence-corrected chi connectivity index (χ1v) is 4.79. The molecule has 0 aliphatic rings. The van der Waals surface area contributed by atoms with Crippen molar-refractivity contribution in [2.75, 3.05) is 0 Å². The molecule has 2 aromatic rings. The topological polar surface area (TPSA) is 100.0 Å². The van der Waals surface area contributed by atoms with Gasteiger partial charge in [-0.25, -0.2) is 0 Å². The quantitative estimate of drug-likeness (QED) is 0.484. The summed E-state index contributed by atoms with van der Waals surface area (Å²) < 4.78 is 1.35. The molecule has 0 bridgehead atoms. The minimum atomic E-state index is -0.0928. The van der Waals surface area contributed by atoms with Crippen LogP contribution in [0.1, 0.15) is 11.1 Å². The van der Waals surface area contributed by atoms with Gasteiger partial charge < -0.3 is 5.21 Å². The molecule has 0 fully saturated rings. The van der Waals surface area contributed by atoms with Crippen LogP contribution in [0.5, 0.6) is 0 Å². The van der Waals surface area contributed by atoms with Crippen LogP contribution in [0, 0.1) is 11.3 Å². The number of tetrazole rings is 1. The lowest BCUT2D eigenvalue weighted by molar-refractivity contribution is 0.321. The van der Waals surface area contributed by atoms with Crippen molar-refractivity contribution in [1.82, 2.24) is 20.2 Å². The van der Waals surface area contributed by atoms with E-state index in [0.29, 0.717) is 16.8 Å². The molecule has 1 N–H and O–H groups in total. The van der Waals surface area contributed by atoms with Crippen LogP contribution in [-0.2, 0) is 0 Å². The number of nitrogens with zero attached hydrogens (tertiary/aromatic N) is 6. The third kappa shape index (κ3) is 2.07. The minimum absolute atomic E-state index is 0.0928. The normalized spacial score (nSPS) is 11.2. The molecule has 0 unspecified atom stereocenters. The smallest absolute Gasteiger partial charge is 0.175 e. The van der Waals surface area contributed by atoms with E-state index < -0.39 is 0 Å². The maximum Gasteiger partial charge on any atom is 0.175 e. The Kier molecular flexibility index (Phi) is 2.98. The van der Waals surface area contributed by atoms with Crippen molar-refractivity contribution >= 4 is 16.8 Å². The Hall–Kier alpha value is -2.46. The first kappa shape index (κ1) is 11.0. The summed E-state index contributed by atoms with van der Waals surface area (Å²) in [4.78, 5) is 0. The summed E-state index contributed by atoms with van der Waals surface area (Å²) in [5, 5.41) is 31.0. The first-order valence-electron chi connectivity index (χ1n) is 4.41. The fourth-order valence-electron chi connectivity index (χ4n) is 1.28. The van der Waals surface area contributed by atoms with Gasteiger partial charge in [0.05, 0.1) is 11.3 Å². The second-order valence-corrected chi connectivity index (χ2v) is 3.35. The molecule has 0 aliphatic heterocycles. The number of hydrogen-bond donors (Lipinski definition) is 1. The van der Waals surface area contributed by atoms with Crippen LogP contribution in [0.15, 0.2) is 29.7 Å². The maximum absolute atomic E-state index is 9.02. The standard InChI is InChI=1S/C9H5ClN6O/c10-9(13-17)6-1-2-8(7(3-6)4-11)16-5-12-14-15-16/h1-3,5,17H. The molecule has 0 spiro atoms. The summed E-state index contributed by atoms with van der Waals surface area (Å²) in [5.41, 5.74) is 1.27. The maximum atomic E-state index is 9.02. The Morgan fingerprint density at radius 3 is 2.94 bits per heavy atom. The molecule has 8 heteroatoms. The zero-order valence-electron chi connectivity index (χ0n) is 8.32. The Bertz CT molecular complexity index is 600. The number of oxime groups is 1. The van der Waals surface area contributed by atoms with E-state index in [2.05, 4.69) is 20.7 Å². The summed E-state index contributed by atoms with van der Waals surface area (Å²) in [6.07, 6.45) is 1.37. The molecule has 0 saturated heterocycles. The lowest BCUT2D eigenvalue weighted by Gasteiger charge is -2.03. The van der Waals surface area contributed by atoms with Gasteiger partial charge in [0.1, 0.15) is 12.4 Å². The number of rotatable bonds is 2. The van der Waals surface area contributed by atoms with Gasteiger partial charge >= 0.3 is 0 Å². The van der Waals surface area contributed by atoms with E-state index in [1.807, 2.05) is 6.07 Å². The monoisotopic (exact) mass is 248 g/mol. The van der Waals surface area contributed by atoms with E-state index >= 15 is 0 Å². The van der Waals surface area contributed by atoms with Crippen molar-refractivity contribution in [3.8, 4) is 11.8 Å². The number of halogens is 1. The van der Waals surface area contributed by atoms with E-state index in [4.69, 9.17) is 22.1 Å². The third-order valence-electron chi connectivity index (χ3n) is 2.04. The summed E-state index contributed by atoms with van der Waals surface area (Å²) in [6.45, 7) is 0. The number of hydrogen-bond acceptors (Lipinski definition) is 6. The molecule has 0 amide bonds. The van der Waals surface area contributed by atoms with Crippen LogP contribution in [0.2, 0.25) is 0 Å². The average molecular weight is 249 g/mol. The van der Waals surface area contributed by atoms with Crippen LogP contribution >= 0.6 is 11.6 Å². The van der Waals surface area contributed by atoms with Gasteiger partial charge in [0.2, 0.25) is 0 Å². The minimum Gasteiger partial charge on any atom is -0.410 e. The zero-order chi connectivity index (χ0) is 12.3.